The average Bonchev–Trinajstić information content (AvgIpc) is 3.38. The Hall–Kier alpha value is -3.78. The highest BCUT2D eigenvalue weighted by atomic mass is 16.5. The number of carboxylic acid groups (broad SMARTS) is 2. The van der Waals surface area contributed by atoms with Gasteiger partial charge in [0.25, 0.3) is 5.89 Å². The molecule has 0 fully saturated rings. The molecule has 3 aromatic rings. The average molecular weight is 492 g/mol. The zero-order chi connectivity index (χ0) is 25.9. The van der Waals surface area contributed by atoms with Crippen LogP contribution in [-0.2, 0) is 22.4 Å². The van der Waals surface area contributed by atoms with Crippen LogP contribution < -0.4 is 0 Å². The molecule has 0 saturated heterocycles. The summed E-state index contributed by atoms with van der Waals surface area (Å²) in [5.41, 5.74) is 4.91. The maximum absolute atomic E-state index is 9.55. The van der Waals surface area contributed by atoms with Crippen LogP contribution in [-0.4, -0.2) is 56.3 Å². The van der Waals surface area contributed by atoms with Crippen LogP contribution in [0.2, 0.25) is 0 Å². The lowest BCUT2D eigenvalue weighted by atomic mass is 9.84. The first kappa shape index (κ1) is 26.8. The van der Waals surface area contributed by atoms with Gasteiger partial charge in [0.1, 0.15) is 0 Å². The van der Waals surface area contributed by atoms with E-state index in [4.69, 9.17) is 19.7 Å². The molecule has 0 bridgehead atoms. The van der Waals surface area contributed by atoms with Crippen LogP contribution in [0.25, 0.3) is 22.8 Å². The summed E-state index contributed by atoms with van der Waals surface area (Å²) in [4.78, 5) is 26.5. The van der Waals surface area contributed by atoms with Crippen LogP contribution in [0.3, 0.4) is 0 Å². The molecule has 190 valence electrons. The first-order chi connectivity index (χ1) is 17.4. The van der Waals surface area contributed by atoms with E-state index in [-0.39, 0.29) is 0 Å². The molecule has 0 radical (unpaired) electrons. The molecule has 1 unspecified atom stereocenters. The smallest absolute Gasteiger partial charge is 0.328 e. The highest BCUT2D eigenvalue weighted by molar-refractivity contribution is 5.89. The fraction of sp³-hybridized carbons (Fsp3) is 0.357. The molecule has 8 heteroatoms. The molecule has 2 N–H and O–H groups in total. The summed E-state index contributed by atoms with van der Waals surface area (Å²) in [5.74, 6) is -1.23. The van der Waals surface area contributed by atoms with Gasteiger partial charge in [-0.2, -0.15) is 4.98 Å². The van der Waals surface area contributed by atoms with Crippen molar-refractivity contribution in [2.24, 2.45) is 0 Å². The van der Waals surface area contributed by atoms with Crippen molar-refractivity contribution in [3.63, 3.8) is 0 Å². The minimum Gasteiger partial charge on any atom is -0.478 e. The fourth-order valence-corrected chi connectivity index (χ4v) is 4.51. The predicted molar refractivity (Wildman–Crippen MR) is 138 cm³/mol. The lowest BCUT2D eigenvalue weighted by Gasteiger charge is -2.35. The van der Waals surface area contributed by atoms with Crippen LogP contribution >= 0.6 is 0 Å². The van der Waals surface area contributed by atoms with E-state index in [1.807, 2.05) is 30.3 Å². The number of rotatable bonds is 9. The van der Waals surface area contributed by atoms with Gasteiger partial charge in [-0.1, -0.05) is 61.5 Å². The van der Waals surface area contributed by atoms with Crippen molar-refractivity contribution in [1.82, 2.24) is 15.0 Å². The second-order valence-electron chi connectivity index (χ2n) is 8.67. The number of benzene rings is 2. The zero-order valence-corrected chi connectivity index (χ0v) is 20.8. The molecule has 4 rings (SSSR count). The summed E-state index contributed by atoms with van der Waals surface area (Å²) in [6.45, 7) is 6.90. The highest BCUT2D eigenvalue weighted by Gasteiger charge is 2.27. The molecule has 2 aromatic carbocycles. The Morgan fingerprint density at radius 2 is 1.67 bits per heavy atom. The quantitative estimate of drug-likeness (QED) is 0.397. The van der Waals surface area contributed by atoms with E-state index in [9.17, 15) is 9.59 Å². The molecule has 1 aliphatic rings. The normalized spacial score (nSPS) is 14.8. The number of fused-ring (bicyclic) bond motifs is 1. The van der Waals surface area contributed by atoms with Gasteiger partial charge < -0.3 is 19.6 Å². The zero-order valence-electron chi connectivity index (χ0n) is 20.8. The summed E-state index contributed by atoms with van der Waals surface area (Å²) < 4.78 is 5.69. The summed E-state index contributed by atoms with van der Waals surface area (Å²) in [6, 6.07) is 17.1. The molecule has 1 atom stereocenters. The van der Waals surface area contributed by atoms with Gasteiger partial charge >= 0.3 is 11.9 Å². The van der Waals surface area contributed by atoms with E-state index >= 15 is 0 Å². The third-order valence-electron chi connectivity index (χ3n) is 6.05. The maximum Gasteiger partial charge on any atom is 0.328 e. The summed E-state index contributed by atoms with van der Waals surface area (Å²) in [7, 11) is 0. The number of aromatic nitrogens is 2. The van der Waals surface area contributed by atoms with Crippen LogP contribution in [0.5, 0.6) is 0 Å². The van der Waals surface area contributed by atoms with Crippen molar-refractivity contribution in [1.29, 1.82) is 0 Å². The Balaban J connectivity index is 0.000000392. The first-order valence-corrected chi connectivity index (χ1v) is 12.3. The van der Waals surface area contributed by atoms with E-state index in [1.54, 1.807) is 0 Å². The lowest BCUT2D eigenvalue weighted by Crippen LogP contribution is -2.40. The fourth-order valence-electron chi connectivity index (χ4n) is 4.51. The van der Waals surface area contributed by atoms with Gasteiger partial charge in [0.2, 0.25) is 5.82 Å². The second kappa shape index (κ2) is 13.3. The molecule has 0 saturated carbocycles. The molecule has 1 heterocycles. The van der Waals surface area contributed by atoms with Gasteiger partial charge in [0.05, 0.1) is 0 Å². The Labute approximate surface area is 211 Å². The number of carbonyl (C=O) groups is 2. The second-order valence-corrected chi connectivity index (χ2v) is 8.67. The number of hydrogen-bond acceptors (Lipinski definition) is 6. The van der Waals surface area contributed by atoms with Crippen LogP contribution in [0, 0.1) is 0 Å². The molecule has 8 nitrogen and oxygen atoms in total. The minimum absolute atomic E-state index is 0.558. The Bertz CT molecular complexity index is 1150. The molecule has 36 heavy (non-hydrogen) atoms. The Morgan fingerprint density at radius 3 is 2.28 bits per heavy atom. The molecular formula is C28H33N3O5. The molecule has 0 spiro atoms. The van der Waals surface area contributed by atoms with Crippen molar-refractivity contribution in [3.8, 4) is 22.8 Å². The third-order valence-corrected chi connectivity index (χ3v) is 6.05. The van der Waals surface area contributed by atoms with E-state index in [0.717, 1.165) is 24.0 Å². The third kappa shape index (κ3) is 7.36. The van der Waals surface area contributed by atoms with Crippen molar-refractivity contribution < 1.29 is 24.3 Å². The van der Waals surface area contributed by atoms with Crippen LogP contribution in [0.15, 0.2) is 65.2 Å². The van der Waals surface area contributed by atoms with Gasteiger partial charge in [0.15, 0.2) is 0 Å². The van der Waals surface area contributed by atoms with Crippen molar-refractivity contribution in [3.05, 3.63) is 71.8 Å². The van der Waals surface area contributed by atoms with Gasteiger partial charge in [-0.15, -0.1) is 0 Å². The molecule has 0 amide bonds. The van der Waals surface area contributed by atoms with Gasteiger partial charge in [-0.05, 0) is 62.4 Å². The SMILES string of the molecule is CCCN(CCC)C1CCc2cccc(-c3nc(-c4ccccc4)no3)c2C1.O=C(O)/C=C\C(=O)O. The predicted octanol–water partition coefficient (Wildman–Crippen LogP) is 5.09. The molecule has 0 aliphatic heterocycles. The van der Waals surface area contributed by atoms with Crippen LogP contribution in [0.1, 0.15) is 44.2 Å². The standard InChI is InChI=1S/C24H29N3O.C4H4O4/c1-3-15-27(16-4-2)20-14-13-18-11-8-12-21(22(18)17-20)24-25-23(26-28-24)19-9-6-5-7-10-19;5-3(6)1-2-4(7)8/h5-12,20H,3-4,13-17H2,1-2H3;1-2H,(H,5,6)(H,7,8)/b;2-1-. The molecular weight excluding hydrogens is 458 g/mol. The molecule has 1 aliphatic carbocycles. The summed E-state index contributed by atoms with van der Waals surface area (Å²) in [5, 5.41) is 19.9. The molecule has 1 aromatic heterocycles. The van der Waals surface area contributed by atoms with E-state index in [0.29, 0.717) is 29.9 Å². The highest BCUT2D eigenvalue weighted by Crippen LogP contribution is 2.33. The van der Waals surface area contributed by atoms with Crippen molar-refractivity contribution >= 4 is 11.9 Å². The first-order valence-electron chi connectivity index (χ1n) is 12.3. The monoisotopic (exact) mass is 491 g/mol. The van der Waals surface area contributed by atoms with E-state index in [2.05, 4.69) is 42.1 Å². The summed E-state index contributed by atoms with van der Waals surface area (Å²) >= 11 is 0. The van der Waals surface area contributed by atoms with Gasteiger partial charge in [-0.3, -0.25) is 0 Å². The maximum atomic E-state index is 9.55. The summed E-state index contributed by atoms with van der Waals surface area (Å²) in [6.07, 6.45) is 6.94. The minimum atomic E-state index is -1.26. The Kier molecular flexibility index (Phi) is 9.94. The topological polar surface area (TPSA) is 117 Å². The number of hydrogen-bond donors (Lipinski definition) is 2. The van der Waals surface area contributed by atoms with Crippen molar-refractivity contribution in [2.45, 2.75) is 52.0 Å². The number of nitrogens with zero attached hydrogens (tertiary/aromatic N) is 3. The number of carboxylic acids is 2. The van der Waals surface area contributed by atoms with Gasteiger partial charge in [-0.25, -0.2) is 9.59 Å². The Morgan fingerprint density at radius 1 is 1.00 bits per heavy atom. The van der Waals surface area contributed by atoms with E-state index < -0.39 is 11.9 Å². The number of aliphatic carboxylic acids is 2. The van der Waals surface area contributed by atoms with Crippen LogP contribution in [0.4, 0.5) is 0 Å². The van der Waals surface area contributed by atoms with Crippen molar-refractivity contribution in [2.75, 3.05) is 13.1 Å². The van der Waals surface area contributed by atoms with Gasteiger partial charge in [0, 0.05) is 29.3 Å². The lowest BCUT2D eigenvalue weighted by molar-refractivity contribution is -0.134. The van der Waals surface area contributed by atoms with E-state index in [1.165, 1.54) is 43.5 Å². The number of aryl methyl sites for hydroxylation is 1. The largest absolute Gasteiger partial charge is 0.478 e.